The molecular formula is C12H26N2O2S. The average Bonchev–Trinajstić information content (AvgIpc) is 2.23. The standard InChI is InChI=1S/C12H26N2O2S/c1-10-5-6-12(9-11(10)2)14-17(15,16)8-4-3-7-13/h10-12,14H,3-9,13H2,1-2H3. The second-order valence-corrected chi connectivity index (χ2v) is 7.27. The molecule has 0 aromatic rings. The Morgan fingerprint density at radius 2 is 1.88 bits per heavy atom. The van der Waals surface area contributed by atoms with E-state index in [4.69, 9.17) is 5.73 Å². The van der Waals surface area contributed by atoms with Gasteiger partial charge in [0.25, 0.3) is 0 Å². The van der Waals surface area contributed by atoms with E-state index >= 15 is 0 Å². The molecule has 17 heavy (non-hydrogen) atoms. The van der Waals surface area contributed by atoms with Gasteiger partial charge in [0.1, 0.15) is 0 Å². The molecular weight excluding hydrogens is 236 g/mol. The Bertz CT molecular complexity index is 316. The number of nitrogens with one attached hydrogen (secondary N) is 1. The van der Waals surface area contributed by atoms with Crippen molar-refractivity contribution in [3.05, 3.63) is 0 Å². The molecule has 1 aliphatic rings. The molecule has 0 aromatic heterocycles. The van der Waals surface area contributed by atoms with Crippen LogP contribution < -0.4 is 10.5 Å². The molecule has 0 heterocycles. The van der Waals surface area contributed by atoms with Crippen molar-refractivity contribution in [2.75, 3.05) is 12.3 Å². The van der Waals surface area contributed by atoms with E-state index < -0.39 is 10.0 Å². The third-order valence-corrected chi connectivity index (χ3v) is 5.33. The lowest BCUT2D eigenvalue weighted by atomic mass is 9.79. The lowest BCUT2D eigenvalue weighted by Crippen LogP contribution is -2.40. The molecule has 3 unspecified atom stereocenters. The van der Waals surface area contributed by atoms with Crippen LogP contribution in [-0.2, 0) is 10.0 Å². The molecule has 0 bridgehead atoms. The SMILES string of the molecule is CC1CCC(NS(=O)(=O)CCCCN)CC1C. The first kappa shape index (κ1) is 14.9. The first-order valence-electron chi connectivity index (χ1n) is 6.64. The van der Waals surface area contributed by atoms with Gasteiger partial charge in [-0.3, -0.25) is 0 Å². The second kappa shape index (κ2) is 6.71. The summed E-state index contributed by atoms with van der Waals surface area (Å²) in [6.45, 7) is 5.02. The maximum absolute atomic E-state index is 11.8. The molecule has 1 aliphatic carbocycles. The fourth-order valence-electron chi connectivity index (χ4n) is 2.40. The Hall–Kier alpha value is -0.130. The van der Waals surface area contributed by atoms with Crippen LogP contribution in [-0.4, -0.2) is 26.8 Å². The number of hydrogen-bond donors (Lipinski definition) is 2. The molecule has 0 saturated heterocycles. The summed E-state index contributed by atoms with van der Waals surface area (Å²) in [5.41, 5.74) is 5.36. The summed E-state index contributed by atoms with van der Waals surface area (Å²) in [5.74, 6) is 1.54. The van der Waals surface area contributed by atoms with Crippen molar-refractivity contribution in [1.82, 2.24) is 4.72 Å². The molecule has 0 amide bonds. The van der Waals surface area contributed by atoms with Gasteiger partial charge in [-0.15, -0.1) is 0 Å². The van der Waals surface area contributed by atoms with Crippen molar-refractivity contribution in [2.45, 2.75) is 52.0 Å². The van der Waals surface area contributed by atoms with E-state index in [1.807, 2.05) is 0 Å². The van der Waals surface area contributed by atoms with Gasteiger partial charge in [0, 0.05) is 6.04 Å². The molecule has 102 valence electrons. The van der Waals surface area contributed by atoms with Gasteiger partial charge >= 0.3 is 0 Å². The smallest absolute Gasteiger partial charge is 0.211 e. The van der Waals surface area contributed by atoms with Gasteiger partial charge < -0.3 is 5.73 Å². The van der Waals surface area contributed by atoms with E-state index in [1.165, 1.54) is 0 Å². The first-order valence-corrected chi connectivity index (χ1v) is 8.30. The molecule has 0 spiro atoms. The summed E-state index contributed by atoms with van der Waals surface area (Å²) < 4.78 is 26.5. The lowest BCUT2D eigenvalue weighted by Gasteiger charge is -2.32. The summed E-state index contributed by atoms with van der Waals surface area (Å²) >= 11 is 0. The maximum Gasteiger partial charge on any atom is 0.211 e. The van der Waals surface area contributed by atoms with E-state index in [2.05, 4.69) is 18.6 Å². The highest BCUT2D eigenvalue weighted by atomic mass is 32.2. The molecule has 1 fully saturated rings. The van der Waals surface area contributed by atoms with E-state index in [-0.39, 0.29) is 11.8 Å². The molecule has 5 heteroatoms. The zero-order valence-corrected chi connectivity index (χ0v) is 11.8. The molecule has 0 aliphatic heterocycles. The summed E-state index contributed by atoms with van der Waals surface area (Å²) in [4.78, 5) is 0. The van der Waals surface area contributed by atoms with Crippen LogP contribution in [0.1, 0.15) is 46.0 Å². The van der Waals surface area contributed by atoms with Crippen LogP contribution in [0.5, 0.6) is 0 Å². The minimum atomic E-state index is -3.10. The Labute approximate surface area is 105 Å². The van der Waals surface area contributed by atoms with Gasteiger partial charge in [0.15, 0.2) is 0 Å². The van der Waals surface area contributed by atoms with E-state index in [9.17, 15) is 8.42 Å². The highest BCUT2D eigenvalue weighted by Gasteiger charge is 2.27. The highest BCUT2D eigenvalue weighted by molar-refractivity contribution is 7.89. The van der Waals surface area contributed by atoms with Gasteiger partial charge in [0.2, 0.25) is 10.0 Å². The molecule has 0 radical (unpaired) electrons. The van der Waals surface area contributed by atoms with Crippen LogP contribution in [0.4, 0.5) is 0 Å². The number of sulfonamides is 1. The van der Waals surface area contributed by atoms with Crippen molar-refractivity contribution in [2.24, 2.45) is 17.6 Å². The summed E-state index contributed by atoms with van der Waals surface area (Å²) in [6, 6.07) is 0.143. The Kier molecular flexibility index (Phi) is 5.89. The number of rotatable bonds is 6. The van der Waals surface area contributed by atoms with E-state index in [1.54, 1.807) is 0 Å². The molecule has 4 nitrogen and oxygen atoms in total. The summed E-state index contributed by atoms with van der Waals surface area (Å²) in [7, 11) is -3.10. The summed E-state index contributed by atoms with van der Waals surface area (Å²) in [6.07, 6.45) is 4.50. The Morgan fingerprint density at radius 1 is 1.18 bits per heavy atom. The van der Waals surface area contributed by atoms with Crippen LogP contribution in [0.25, 0.3) is 0 Å². The lowest BCUT2D eigenvalue weighted by molar-refractivity contribution is 0.242. The minimum absolute atomic E-state index is 0.143. The predicted octanol–water partition coefficient (Wildman–Crippen LogP) is 1.47. The van der Waals surface area contributed by atoms with Crippen LogP contribution >= 0.6 is 0 Å². The van der Waals surface area contributed by atoms with Gasteiger partial charge in [-0.2, -0.15) is 0 Å². The van der Waals surface area contributed by atoms with Gasteiger partial charge in [-0.1, -0.05) is 13.8 Å². The predicted molar refractivity (Wildman–Crippen MR) is 71.2 cm³/mol. The van der Waals surface area contributed by atoms with Crippen molar-refractivity contribution in [3.8, 4) is 0 Å². The normalized spacial score (nSPS) is 30.4. The average molecular weight is 262 g/mol. The second-order valence-electron chi connectivity index (χ2n) is 5.40. The molecule has 1 rings (SSSR count). The largest absolute Gasteiger partial charge is 0.330 e. The topological polar surface area (TPSA) is 72.2 Å². The maximum atomic E-state index is 11.8. The minimum Gasteiger partial charge on any atom is -0.330 e. The third-order valence-electron chi connectivity index (χ3n) is 3.81. The molecule has 0 aromatic carbocycles. The number of hydrogen-bond acceptors (Lipinski definition) is 3. The monoisotopic (exact) mass is 262 g/mol. The molecule has 1 saturated carbocycles. The van der Waals surface area contributed by atoms with Gasteiger partial charge in [-0.05, 0) is 50.5 Å². The van der Waals surface area contributed by atoms with E-state index in [0.29, 0.717) is 24.8 Å². The summed E-state index contributed by atoms with van der Waals surface area (Å²) in [5, 5.41) is 0. The Morgan fingerprint density at radius 3 is 2.47 bits per heavy atom. The van der Waals surface area contributed by atoms with E-state index in [0.717, 1.165) is 25.7 Å². The van der Waals surface area contributed by atoms with Crippen molar-refractivity contribution in [3.63, 3.8) is 0 Å². The quantitative estimate of drug-likeness (QED) is 0.712. The molecule has 3 N–H and O–H groups in total. The Balaban J connectivity index is 2.37. The van der Waals surface area contributed by atoms with Crippen LogP contribution in [0.3, 0.4) is 0 Å². The fourth-order valence-corrected chi connectivity index (χ4v) is 3.83. The van der Waals surface area contributed by atoms with Crippen LogP contribution in [0.15, 0.2) is 0 Å². The van der Waals surface area contributed by atoms with Gasteiger partial charge in [0.05, 0.1) is 5.75 Å². The van der Waals surface area contributed by atoms with Gasteiger partial charge in [-0.25, -0.2) is 13.1 Å². The first-order chi connectivity index (χ1) is 7.94. The van der Waals surface area contributed by atoms with Crippen molar-refractivity contribution in [1.29, 1.82) is 0 Å². The van der Waals surface area contributed by atoms with Crippen LogP contribution in [0.2, 0.25) is 0 Å². The zero-order valence-electron chi connectivity index (χ0n) is 11.0. The number of unbranched alkanes of at least 4 members (excludes halogenated alkanes) is 1. The number of nitrogens with two attached hydrogens (primary N) is 1. The third kappa shape index (κ3) is 5.36. The van der Waals surface area contributed by atoms with Crippen molar-refractivity contribution >= 4 is 10.0 Å². The highest BCUT2D eigenvalue weighted by Crippen LogP contribution is 2.29. The fraction of sp³-hybridized carbons (Fsp3) is 1.00. The molecule has 3 atom stereocenters. The van der Waals surface area contributed by atoms with Crippen molar-refractivity contribution < 1.29 is 8.42 Å². The zero-order chi connectivity index (χ0) is 12.9. The van der Waals surface area contributed by atoms with Crippen LogP contribution in [0, 0.1) is 11.8 Å².